The first-order valence-corrected chi connectivity index (χ1v) is 5.26. The van der Waals surface area contributed by atoms with Gasteiger partial charge in [-0.2, -0.15) is 0 Å². The lowest BCUT2D eigenvalue weighted by Gasteiger charge is -2.14. The molecule has 3 atom stereocenters. The van der Waals surface area contributed by atoms with Crippen molar-refractivity contribution in [2.75, 3.05) is 0 Å². The number of aliphatic carboxylic acids is 1. The Morgan fingerprint density at radius 3 is 2.77 bits per heavy atom. The maximum atomic E-state index is 10.8. The molecule has 0 spiro atoms. The van der Waals surface area contributed by atoms with Crippen molar-refractivity contribution in [3.63, 3.8) is 0 Å². The van der Waals surface area contributed by atoms with Gasteiger partial charge in [0.1, 0.15) is 6.04 Å². The Labute approximate surface area is 78.5 Å². The fourth-order valence-electron chi connectivity index (χ4n) is 2.69. The number of nitrogens with one attached hydrogen (secondary N) is 1. The second kappa shape index (κ2) is 3.66. The van der Waals surface area contributed by atoms with Crippen LogP contribution in [-0.2, 0) is 4.79 Å². The molecule has 3 nitrogen and oxygen atoms in total. The molecule has 2 rings (SSSR count). The molecule has 1 aliphatic carbocycles. The Balaban J connectivity index is 1.97. The van der Waals surface area contributed by atoms with Crippen molar-refractivity contribution >= 4 is 5.97 Å². The summed E-state index contributed by atoms with van der Waals surface area (Å²) in [4.78, 5) is 10.8. The molecule has 0 amide bonds. The quantitative estimate of drug-likeness (QED) is 0.645. The van der Waals surface area contributed by atoms with Gasteiger partial charge in [0.15, 0.2) is 0 Å². The van der Waals surface area contributed by atoms with Gasteiger partial charge in [0, 0.05) is 6.04 Å². The molecule has 0 unspecified atom stereocenters. The maximum Gasteiger partial charge on any atom is 0.320 e. The Morgan fingerprint density at radius 2 is 2.00 bits per heavy atom. The van der Waals surface area contributed by atoms with Crippen LogP contribution in [-0.4, -0.2) is 23.2 Å². The molecule has 0 radical (unpaired) electrons. The summed E-state index contributed by atoms with van der Waals surface area (Å²) in [6.45, 7) is 0. The molecule has 2 fully saturated rings. The van der Waals surface area contributed by atoms with Gasteiger partial charge in [-0.25, -0.2) is 0 Å². The van der Waals surface area contributed by atoms with Crippen molar-refractivity contribution in [3.8, 4) is 0 Å². The van der Waals surface area contributed by atoms with E-state index in [4.69, 9.17) is 5.11 Å². The summed E-state index contributed by atoms with van der Waals surface area (Å²) in [6.07, 6.45) is 7.12. The van der Waals surface area contributed by atoms with E-state index in [0.717, 1.165) is 6.42 Å². The van der Waals surface area contributed by atoms with Crippen LogP contribution in [0.2, 0.25) is 0 Å². The van der Waals surface area contributed by atoms with E-state index in [1.807, 2.05) is 0 Å². The summed E-state index contributed by atoms with van der Waals surface area (Å²) in [5, 5.41) is 12.1. The first-order valence-electron chi connectivity index (χ1n) is 5.26. The molecule has 74 valence electrons. The highest BCUT2D eigenvalue weighted by Gasteiger charge is 2.37. The molecule has 2 N–H and O–H groups in total. The Hall–Kier alpha value is -0.570. The van der Waals surface area contributed by atoms with Gasteiger partial charge in [0.05, 0.1) is 0 Å². The average Bonchev–Trinajstić information content (AvgIpc) is 2.38. The fourth-order valence-corrected chi connectivity index (χ4v) is 2.69. The minimum Gasteiger partial charge on any atom is -0.480 e. The number of rotatable bonds is 1. The van der Waals surface area contributed by atoms with Crippen LogP contribution in [0.3, 0.4) is 0 Å². The number of hydrogen-bond donors (Lipinski definition) is 2. The van der Waals surface area contributed by atoms with Gasteiger partial charge in [0.2, 0.25) is 0 Å². The number of carboxylic acids is 1. The van der Waals surface area contributed by atoms with E-state index in [1.54, 1.807) is 0 Å². The Bertz CT molecular complexity index is 191. The monoisotopic (exact) mass is 183 g/mol. The molecular formula is C10H17NO2. The van der Waals surface area contributed by atoms with Crippen LogP contribution in [0.5, 0.6) is 0 Å². The van der Waals surface area contributed by atoms with Crippen molar-refractivity contribution in [2.45, 2.75) is 50.6 Å². The predicted molar refractivity (Wildman–Crippen MR) is 49.5 cm³/mol. The van der Waals surface area contributed by atoms with Gasteiger partial charge >= 0.3 is 5.97 Å². The van der Waals surface area contributed by atoms with Crippen LogP contribution in [0.15, 0.2) is 0 Å². The number of carbonyl (C=O) groups is 1. The summed E-state index contributed by atoms with van der Waals surface area (Å²) in [5.74, 6) is -0.0447. The van der Waals surface area contributed by atoms with Crippen LogP contribution in [0.4, 0.5) is 0 Å². The van der Waals surface area contributed by atoms with E-state index >= 15 is 0 Å². The van der Waals surface area contributed by atoms with E-state index in [-0.39, 0.29) is 6.04 Å². The van der Waals surface area contributed by atoms with Crippen LogP contribution in [0.1, 0.15) is 38.5 Å². The minimum absolute atomic E-state index is 0.270. The molecule has 0 aromatic carbocycles. The largest absolute Gasteiger partial charge is 0.480 e. The summed E-state index contributed by atoms with van der Waals surface area (Å²) >= 11 is 0. The van der Waals surface area contributed by atoms with E-state index in [9.17, 15) is 4.79 Å². The number of hydrogen-bond acceptors (Lipinski definition) is 2. The normalized spacial score (nSPS) is 39.5. The minimum atomic E-state index is -0.673. The molecule has 0 aromatic heterocycles. The predicted octanol–water partition coefficient (Wildman–Crippen LogP) is 1.38. The van der Waals surface area contributed by atoms with E-state index in [0.29, 0.717) is 12.0 Å². The SMILES string of the molecule is O=C(O)[C@H]1C[C@@H]2CCCCC[C@@H]2N1. The maximum absolute atomic E-state index is 10.8. The second-order valence-electron chi connectivity index (χ2n) is 4.30. The van der Waals surface area contributed by atoms with E-state index in [2.05, 4.69) is 5.32 Å². The van der Waals surface area contributed by atoms with E-state index < -0.39 is 5.97 Å². The third-order valence-electron chi connectivity index (χ3n) is 3.41. The Morgan fingerprint density at radius 1 is 1.23 bits per heavy atom. The van der Waals surface area contributed by atoms with Crippen molar-refractivity contribution < 1.29 is 9.90 Å². The third kappa shape index (κ3) is 1.85. The van der Waals surface area contributed by atoms with E-state index in [1.165, 1.54) is 32.1 Å². The van der Waals surface area contributed by atoms with Crippen LogP contribution >= 0.6 is 0 Å². The lowest BCUT2D eigenvalue weighted by Crippen LogP contribution is -2.35. The van der Waals surface area contributed by atoms with Gasteiger partial charge in [-0.05, 0) is 25.2 Å². The van der Waals surface area contributed by atoms with Crippen molar-refractivity contribution in [2.24, 2.45) is 5.92 Å². The molecule has 2 aliphatic rings. The second-order valence-corrected chi connectivity index (χ2v) is 4.30. The summed E-state index contributed by atoms with van der Waals surface area (Å²) in [5.41, 5.74) is 0. The summed E-state index contributed by atoms with van der Waals surface area (Å²) in [6, 6.07) is 0.219. The van der Waals surface area contributed by atoms with Gasteiger partial charge in [-0.15, -0.1) is 0 Å². The molecule has 3 heteroatoms. The van der Waals surface area contributed by atoms with Gasteiger partial charge in [-0.1, -0.05) is 19.3 Å². The standard InChI is InChI=1S/C10H17NO2/c12-10(13)9-6-7-4-2-1-3-5-8(7)11-9/h7-9,11H,1-6H2,(H,12,13)/t7-,8-,9+/m0/s1. The van der Waals surface area contributed by atoms with Crippen LogP contribution < -0.4 is 5.32 Å². The molecular weight excluding hydrogens is 166 g/mol. The van der Waals surface area contributed by atoms with Gasteiger partial charge < -0.3 is 10.4 Å². The lowest BCUT2D eigenvalue weighted by molar-refractivity contribution is -0.139. The molecule has 0 bridgehead atoms. The van der Waals surface area contributed by atoms with Gasteiger partial charge in [0.25, 0.3) is 0 Å². The number of fused-ring (bicyclic) bond motifs is 1. The highest BCUT2D eigenvalue weighted by Crippen LogP contribution is 2.32. The third-order valence-corrected chi connectivity index (χ3v) is 3.41. The smallest absolute Gasteiger partial charge is 0.320 e. The Kier molecular flexibility index (Phi) is 2.54. The number of carboxylic acid groups (broad SMARTS) is 1. The summed E-state index contributed by atoms with van der Waals surface area (Å²) < 4.78 is 0. The first kappa shape index (κ1) is 9.00. The van der Waals surface area contributed by atoms with Crippen molar-refractivity contribution in [1.82, 2.24) is 5.32 Å². The molecule has 0 aromatic rings. The molecule has 13 heavy (non-hydrogen) atoms. The highest BCUT2D eigenvalue weighted by atomic mass is 16.4. The zero-order chi connectivity index (χ0) is 9.26. The van der Waals surface area contributed by atoms with Gasteiger partial charge in [-0.3, -0.25) is 4.79 Å². The van der Waals surface area contributed by atoms with Crippen molar-refractivity contribution in [1.29, 1.82) is 0 Å². The zero-order valence-electron chi connectivity index (χ0n) is 7.83. The van der Waals surface area contributed by atoms with Crippen LogP contribution in [0.25, 0.3) is 0 Å². The average molecular weight is 183 g/mol. The summed E-state index contributed by atoms with van der Waals surface area (Å²) in [7, 11) is 0. The zero-order valence-corrected chi connectivity index (χ0v) is 7.83. The highest BCUT2D eigenvalue weighted by molar-refractivity contribution is 5.74. The first-order chi connectivity index (χ1) is 6.27. The topological polar surface area (TPSA) is 49.3 Å². The van der Waals surface area contributed by atoms with Crippen LogP contribution in [0, 0.1) is 5.92 Å². The fraction of sp³-hybridized carbons (Fsp3) is 0.900. The molecule has 1 aliphatic heterocycles. The molecule has 1 saturated heterocycles. The van der Waals surface area contributed by atoms with Crippen molar-refractivity contribution in [3.05, 3.63) is 0 Å². The molecule has 1 saturated carbocycles. The lowest BCUT2D eigenvalue weighted by atomic mass is 9.94. The molecule has 1 heterocycles.